The van der Waals surface area contributed by atoms with Crippen LogP contribution in [0.5, 0.6) is 0 Å². The molecule has 2 fully saturated rings. The van der Waals surface area contributed by atoms with Crippen LogP contribution in [-0.2, 0) is 19.6 Å². The van der Waals surface area contributed by atoms with E-state index in [4.69, 9.17) is 4.74 Å². The second-order valence-electron chi connectivity index (χ2n) is 5.00. The monoisotopic (exact) mass is 320 g/mol. The fraction of sp³-hybridized carbons (Fsp3) is 0.818. The Morgan fingerprint density at radius 1 is 1.29 bits per heavy atom. The molecule has 1 atom stereocenters. The fourth-order valence-corrected chi connectivity index (χ4v) is 3.46. The minimum atomic E-state index is -3.59. The van der Waals surface area contributed by atoms with E-state index in [0.717, 1.165) is 19.6 Å². The van der Waals surface area contributed by atoms with Crippen LogP contribution in [0.1, 0.15) is 6.42 Å². The van der Waals surface area contributed by atoms with E-state index >= 15 is 0 Å². The molecule has 3 amide bonds. The predicted octanol–water partition coefficient (Wildman–Crippen LogP) is -2.16. The van der Waals surface area contributed by atoms with Gasteiger partial charge >= 0.3 is 6.03 Å². The quantitative estimate of drug-likeness (QED) is 0.363. The maximum absolute atomic E-state index is 11.8. The molecule has 2 aliphatic heterocycles. The minimum absolute atomic E-state index is 0.308. The summed E-state index contributed by atoms with van der Waals surface area (Å²) in [4.78, 5) is 24.4. The van der Waals surface area contributed by atoms with Gasteiger partial charge in [-0.3, -0.25) is 15.0 Å². The Bertz CT molecular complexity index is 489. The predicted molar refractivity (Wildman–Crippen MR) is 74.1 cm³/mol. The van der Waals surface area contributed by atoms with Gasteiger partial charge in [-0.2, -0.15) is 0 Å². The van der Waals surface area contributed by atoms with Gasteiger partial charge in [-0.05, 0) is 13.0 Å². The van der Waals surface area contributed by atoms with E-state index in [-0.39, 0.29) is 0 Å². The topological polar surface area (TPSA) is 117 Å². The third-order valence-electron chi connectivity index (χ3n) is 3.32. The Hall–Kier alpha value is -1.23. The number of hydrogen-bond donors (Lipinski definition) is 3. The molecular formula is C11H20N4O5S. The molecule has 0 aromatic rings. The van der Waals surface area contributed by atoms with Crippen LogP contribution in [0.4, 0.5) is 4.79 Å². The lowest BCUT2D eigenvalue weighted by Gasteiger charge is -2.26. The van der Waals surface area contributed by atoms with Gasteiger partial charge in [0.1, 0.15) is 6.04 Å². The van der Waals surface area contributed by atoms with E-state index in [1.165, 1.54) is 0 Å². The summed E-state index contributed by atoms with van der Waals surface area (Å²) in [6, 6.07) is -1.68. The maximum atomic E-state index is 11.8. The first kappa shape index (κ1) is 16.1. The van der Waals surface area contributed by atoms with Gasteiger partial charge in [-0.1, -0.05) is 0 Å². The molecule has 9 nitrogen and oxygen atoms in total. The van der Waals surface area contributed by atoms with Crippen LogP contribution >= 0.6 is 0 Å². The molecule has 0 bridgehead atoms. The highest BCUT2D eigenvalue weighted by molar-refractivity contribution is 7.89. The van der Waals surface area contributed by atoms with Crippen LogP contribution in [-0.4, -0.2) is 76.4 Å². The first-order valence-corrected chi connectivity index (χ1v) is 8.50. The summed E-state index contributed by atoms with van der Waals surface area (Å²) in [5.41, 5.74) is 0. The van der Waals surface area contributed by atoms with Gasteiger partial charge in [-0.25, -0.2) is 17.9 Å². The third-order valence-corrected chi connectivity index (χ3v) is 4.74. The van der Waals surface area contributed by atoms with Gasteiger partial charge in [0.05, 0.1) is 19.0 Å². The molecule has 2 rings (SSSR count). The maximum Gasteiger partial charge on any atom is 0.322 e. The molecule has 120 valence electrons. The zero-order valence-corrected chi connectivity index (χ0v) is 12.4. The number of amides is 3. The van der Waals surface area contributed by atoms with Gasteiger partial charge in [0.25, 0.3) is 5.91 Å². The molecule has 0 radical (unpaired) electrons. The average Bonchev–Trinajstić information content (AvgIpc) is 2.73. The second-order valence-corrected chi connectivity index (χ2v) is 6.85. The van der Waals surface area contributed by atoms with E-state index in [1.807, 2.05) is 5.32 Å². The van der Waals surface area contributed by atoms with E-state index in [2.05, 4.69) is 14.9 Å². The van der Waals surface area contributed by atoms with E-state index in [0.29, 0.717) is 26.2 Å². The molecule has 0 aromatic heterocycles. The van der Waals surface area contributed by atoms with Crippen LogP contribution in [0.3, 0.4) is 0 Å². The standard InChI is InChI=1S/C11H20N4O5S/c16-10-9(13-11(17)14-10)8-21(18,19)12-2-1-3-15-4-6-20-7-5-15/h9,12H,1-8H2,(H2,13,14,16,17)/t9-/m0/s1. The normalized spacial score (nSPS) is 23.9. The Kier molecular flexibility index (Phi) is 5.51. The number of sulfonamides is 1. The first-order valence-electron chi connectivity index (χ1n) is 6.85. The Labute approximate surface area is 123 Å². The number of morpholine rings is 1. The summed E-state index contributed by atoms with van der Waals surface area (Å²) >= 11 is 0. The zero-order chi connectivity index (χ0) is 15.3. The van der Waals surface area contributed by atoms with Crippen molar-refractivity contribution in [2.24, 2.45) is 0 Å². The Morgan fingerprint density at radius 3 is 2.62 bits per heavy atom. The van der Waals surface area contributed by atoms with Gasteiger partial charge in [0.2, 0.25) is 10.0 Å². The van der Waals surface area contributed by atoms with Gasteiger partial charge in [0, 0.05) is 19.6 Å². The largest absolute Gasteiger partial charge is 0.379 e. The summed E-state index contributed by atoms with van der Waals surface area (Å²) in [5.74, 6) is -1.05. The van der Waals surface area contributed by atoms with E-state index in [1.54, 1.807) is 0 Å². The van der Waals surface area contributed by atoms with Crippen molar-refractivity contribution in [1.82, 2.24) is 20.3 Å². The van der Waals surface area contributed by atoms with Crippen molar-refractivity contribution in [3.05, 3.63) is 0 Å². The number of ether oxygens (including phenoxy) is 1. The lowest BCUT2D eigenvalue weighted by molar-refractivity contribution is -0.119. The summed E-state index contributed by atoms with van der Waals surface area (Å²) in [6.07, 6.45) is 0.683. The van der Waals surface area contributed by atoms with Crippen LogP contribution in [0, 0.1) is 0 Å². The molecule has 2 saturated heterocycles. The summed E-state index contributed by atoms with van der Waals surface area (Å²) in [6.45, 7) is 4.25. The number of nitrogens with zero attached hydrogens (tertiary/aromatic N) is 1. The van der Waals surface area contributed by atoms with Crippen molar-refractivity contribution in [3.8, 4) is 0 Å². The van der Waals surface area contributed by atoms with Crippen molar-refractivity contribution < 1.29 is 22.7 Å². The molecule has 21 heavy (non-hydrogen) atoms. The van der Waals surface area contributed by atoms with Gasteiger partial charge < -0.3 is 10.1 Å². The van der Waals surface area contributed by atoms with Crippen LogP contribution in [0.15, 0.2) is 0 Å². The highest BCUT2D eigenvalue weighted by Gasteiger charge is 2.33. The van der Waals surface area contributed by atoms with Crippen LogP contribution < -0.4 is 15.4 Å². The molecular weight excluding hydrogens is 300 g/mol. The van der Waals surface area contributed by atoms with Crippen molar-refractivity contribution in [1.29, 1.82) is 0 Å². The summed E-state index contributed by atoms with van der Waals surface area (Å²) in [5, 5.41) is 4.26. The Balaban J connectivity index is 1.66. The van der Waals surface area contributed by atoms with Crippen LogP contribution in [0.2, 0.25) is 0 Å². The van der Waals surface area contributed by atoms with Crippen molar-refractivity contribution in [2.75, 3.05) is 45.1 Å². The highest BCUT2D eigenvalue weighted by Crippen LogP contribution is 2.00. The molecule has 3 N–H and O–H groups in total. The molecule has 0 aliphatic carbocycles. The lowest BCUT2D eigenvalue weighted by Crippen LogP contribution is -2.42. The molecule has 10 heteroatoms. The lowest BCUT2D eigenvalue weighted by atomic mass is 10.3. The number of rotatable bonds is 7. The fourth-order valence-electron chi connectivity index (χ4n) is 2.21. The minimum Gasteiger partial charge on any atom is -0.379 e. The molecule has 2 aliphatic rings. The van der Waals surface area contributed by atoms with Gasteiger partial charge in [0.15, 0.2) is 0 Å². The number of nitrogens with one attached hydrogen (secondary N) is 3. The smallest absolute Gasteiger partial charge is 0.322 e. The number of carbonyl (C=O) groups is 2. The molecule has 0 saturated carbocycles. The van der Waals surface area contributed by atoms with Crippen molar-refractivity contribution in [3.63, 3.8) is 0 Å². The SMILES string of the molecule is O=C1NC(=O)[C@H](CS(=O)(=O)NCCCN2CCOCC2)N1. The zero-order valence-electron chi connectivity index (χ0n) is 11.6. The molecule has 2 heterocycles. The third kappa shape index (κ3) is 5.23. The van der Waals surface area contributed by atoms with Gasteiger partial charge in [-0.15, -0.1) is 0 Å². The Morgan fingerprint density at radius 2 is 2.00 bits per heavy atom. The summed E-state index contributed by atoms with van der Waals surface area (Å²) < 4.78 is 31.3. The van der Waals surface area contributed by atoms with E-state index < -0.39 is 33.8 Å². The van der Waals surface area contributed by atoms with E-state index in [9.17, 15) is 18.0 Å². The number of imide groups is 1. The molecule has 0 unspecified atom stereocenters. The number of hydrogen-bond acceptors (Lipinski definition) is 6. The second kappa shape index (κ2) is 7.16. The number of urea groups is 1. The molecule has 0 spiro atoms. The van der Waals surface area contributed by atoms with Crippen molar-refractivity contribution >= 4 is 22.0 Å². The summed E-state index contributed by atoms with van der Waals surface area (Å²) in [7, 11) is -3.59. The van der Waals surface area contributed by atoms with Crippen molar-refractivity contribution in [2.45, 2.75) is 12.5 Å². The number of carbonyl (C=O) groups excluding carboxylic acids is 2. The average molecular weight is 320 g/mol. The highest BCUT2D eigenvalue weighted by atomic mass is 32.2. The van der Waals surface area contributed by atoms with Crippen LogP contribution in [0.25, 0.3) is 0 Å². The first-order chi connectivity index (χ1) is 9.96. The molecule has 0 aromatic carbocycles.